The topological polar surface area (TPSA) is 72.8 Å². The monoisotopic (exact) mass is 270 g/mol. The van der Waals surface area contributed by atoms with E-state index in [4.69, 9.17) is 14.6 Å². The van der Waals surface area contributed by atoms with Gasteiger partial charge in [0, 0.05) is 6.07 Å². The van der Waals surface area contributed by atoms with Crippen molar-refractivity contribution in [1.29, 1.82) is 0 Å². The molecule has 0 amide bonds. The molecular formula is C15H10O5. The number of para-hydroxylation sites is 1. The first-order chi connectivity index (χ1) is 9.70. The van der Waals surface area contributed by atoms with Crippen LogP contribution >= 0.6 is 0 Å². The molecule has 5 heteroatoms. The van der Waals surface area contributed by atoms with Crippen molar-refractivity contribution in [2.75, 3.05) is 0 Å². The van der Waals surface area contributed by atoms with E-state index in [0.29, 0.717) is 5.75 Å². The molecule has 0 radical (unpaired) electrons. The van der Waals surface area contributed by atoms with Gasteiger partial charge in [-0.1, -0.05) is 18.2 Å². The quantitative estimate of drug-likeness (QED) is 0.668. The highest BCUT2D eigenvalue weighted by molar-refractivity contribution is 5.91. The number of hydrogen-bond acceptors (Lipinski definition) is 4. The molecule has 0 fully saturated rings. The van der Waals surface area contributed by atoms with Gasteiger partial charge in [-0.2, -0.15) is 0 Å². The Labute approximate surface area is 114 Å². The van der Waals surface area contributed by atoms with Crippen LogP contribution in [0.5, 0.6) is 17.2 Å². The minimum atomic E-state index is -1.12. The van der Waals surface area contributed by atoms with Gasteiger partial charge in [0.2, 0.25) is 0 Å². The number of carboxylic acid groups (broad SMARTS) is 1. The third kappa shape index (κ3) is 3.25. The zero-order chi connectivity index (χ0) is 14.4. The Hall–Kier alpha value is -3.04. The predicted octanol–water partition coefficient (Wildman–Crippen LogP) is 2.90. The molecule has 2 aromatic rings. The van der Waals surface area contributed by atoms with Gasteiger partial charge in [-0.3, -0.25) is 0 Å². The third-order valence-corrected chi connectivity index (χ3v) is 2.40. The number of carbonyl (C=O) groups excluding carboxylic acids is 1. The summed E-state index contributed by atoms with van der Waals surface area (Å²) in [6.07, 6.45) is 0.835. The molecule has 2 rings (SSSR count). The van der Waals surface area contributed by atoms with Crippen LogP contribution in [-0.2, 0) is 4.79 Å². The Morgan fingerprint density at radius 1 is 1.10 bits per heavy atom. The van der Waals surface area contributed by atoms with E-state index in [0.717, 1.165) is 6.26 Å². The van der Waals surface area contributed by atoms with Crippen LogP contribution in [0.25, 0.3) is 0 Å². The number of carboxylic acids is 1. The van der Waals surface area contributed by atoms with Crippen LogP contribution in [0.15, 0.2) is 54.8 Å². The Balaban J connectivity index is 2.36. The van der Waals surface area contributed by atoms with Crippen LogP contribution in [0.1, 0.15) is 10.4 Å². The molecule has 0 aliphatic rings. The van der Waals surface area contributed by atoms with E-state index in [1.165, 1.54) is 24.1 Å². The predicted molar refractivity (Wildman–Crippen MR) is 70.8 cm³/mol. The van der Waals surface area contributed by atoms with Crippen LogP contribution in [-0.4, -0.2) is 17.0 Å². The summed E-state index contributed by atoms with van der Waals surface area (Å²) >= 11 is 0. The number of carbonyl (C=O) groups is 1. The molecule has 0 unspecified atom stereocenters. The SMILES string of the molecule is O=C=COc1ccc(C(=O)O)c(Oc2ccccc2)c1. The lowest BCUT2D eigenvalue weighted by atomic mass is 10.2. The fourth-order valence-corrected chi connectivity index (χ4v) is 1.54. The molecule has 0 atom stereocenters. The molecule has 0 bridgehead atoms. The smallest absolute Gasteiger partial charge is 0.339 e. The van der Waals surface area contributed by atoms with Gasteiger partial charge in [-0.25, -0.2) is 9.59 Å². The summed E-state index contributed by atoms with van der Waals surface area (Å²) in [6.45, 7) is 0. The maximum absolute atomic E-state index is 11.1. The highest BCUT2D eigenvalue weighted by atomic mass is 16.5. The van der Waals surface area contributed by atoms with E-state index in [1.54, 1.807) is 24.3 Å². The van der Waals surface area contributed by atoms with Crippen molar-refractivity contribution in [2.45, 2.75) is 0 Å². The maximum atomic E-state index is 11.1. The lowest BCUT2D eigenvalue weighted by Crippen LogP contribution is -2.00. The molecule has 1 N–H and O–H groups in total. The van der Waals surface area contributed by atoms with Gasteiger partial charge in [0.25, 0.3) is 0 Å². The summed E-state index contributed by atoms with van der Waals surface area (Å²) in [6, 6.07) is 12.9. The van der Waals surface area contributed by atoms with Gasteiger partial charge < -0.3 is 14.6 Å². The number of ether oxygens (including phenoxy) is 2. The Bertz CT molecular complexity index is 657. The first kappa shape index (κ1) is 13.4. The van der Waals surface area contributed by atoms with Crippen molar-refractivity contribution in [2.24, 2.45) is 0 Å². The normalized spacial score (nSPS) is 9.40. The Morgan fingerprint density at radius 2 is 1.85 bits per heavy atom. The maximum Gasteiger partial charge on any atom is 0.339 e. The molecule has 0 saturated carbocycles. The molecule has 2 aromatic carbocycles. The van der Waals surface area contributed by atoms with Crippen molar-refractivity contribution in [3.05, 3.63) is 60.4 Å². The average Bonchev–Trinajstić information content (AvgIpc) is 2.46. The van der Waals surface area contributed by atoms with Crippen LogP contribution in [0, 0.1) is 0 Å². The largest absolute Gasteiger partial charge is 0.478 e. The fourth-order valence-electron chi connectivity index (χ4n) is 1.54. The minimum Gasteiger partial charge on any atom is -0.478 e. The molecule has 0 saturated heterocycles. The summed E-state index contributed by atoms with van der Waals surface area (Å²) in [7, 11) is 0. The first-order valence-corrected chi connectivity index (χ1v) is 5.67. The van der Waals surface area contributed by atoms with Gasteiger partial charge in [-0.05, 0) is 24.3 Å². The number of rotatable bonds is 5. The van der Waals surface area contributed by atoms with Gasteiger partial charge in [-0.15, -0.1) is 0 Å². The molecular weight excluding hydrogens is 260 g/mol. The van der Waals surface area contributed by atoms with Crippen molar-refractivity contribution in [3.63, 3.8) is 0 Å². The third-order valence-electron chi connectivity index (χ3n) is 2.40. The van der Waals surface area contributed by atoms with Gasteiger partial charge in [0.15, 0.2) is 12.2 Å². The second kappa shape index (κ2) is 6.22. The van der Waals surface area contributed by atoms with Gasteiger partial charge in [0.05, 0.1) is 0 Å². The van der Waals surface area contributed by atoms with Crippen molar-refractivity contribution < 1.29 is 24.2 Å². The summed E-state index contributed by atoms with van der Waals surface area (Å²) in [5, 5.41) is 9.12. The van der Waals surface area contributed by atoms with Crippen LogP contribution in [0.2, 0.25) is 0 Å². The highest BCUT2D eigenvalue weighted by Gasteiger charge is 2.13. The number of hydrogen-bond donors (Lipinski definition) is 1. The number of benzene rings is 2. The van der Waals surface area contributed by atoms with Gasteiger partial charge >= 0.3 is 5.97 Å². The summed E-state index contributed by atoms with van der Waals surface area (Å²) in [5.74, 6) is 1.26. The van der Waals surface area contributed by atoms with Crippen molar-refractivity contribution in [1.82, 2.24) is 0 Å². The summed E-state index contributed by atoms with van der Waals surface area (Å²) in [4.78, 5) is 21.2. The van der Waals surface area contributed by atoms with E-state index < -0.39 is 5.97 Å². The average molecular weight is 270 g/mol. The van der Waals surface area contributed by atoms with E-state index in [-0.39, 0.29) is 17.1 Å². The first-order valence-electron chi connectivity index (χ1n) is 5.67. The molecule has 0 heterocycles. The van der Waals surface area contributed by atoms with Crippen LogP contribution < -0.4 is 9.47 Å². The van der Waals surface area contributed by atoms with E-state index in [1.807, 2.05) is 6.07 Å². The second-order valence-corrected chi connectivity index (χ2v) is 3.73. The Kier molecular flexibility index (Phi) is 4.17. The molecule has 0 aliphatic heterocycles. The second-order valence-electron chi connectivity index (χ2n) is 3.73. The molecule has 0 spiro atoms. The Morgan fingerprint density at radius 3 is 2.50 bits per heavy atom. The summed E-state index contributed by atoms with van der Waals surface area (Å²) in [5.41, 5.74) is -0.00344. The van der Waals surface area contributed by atoms with Gasteiger partial charge in [0.1, 0.15) is 22.8 Å². The van der Waals surface area contributed by atoms with E-state index >= 15 is 0 Å². The molecule has 20 heavy (non-hydrogen) atoms. The summed E-state index contributed by atoms with van der Waals surface area (Å²) < 4.78 is 10.5. The zero-order valence-electron chi connectivity index (χ0n) is 10.3. The molecule has 100 valence electrons. The number of aromatic carboxylic acids is 1. The van der Waals surface area contributed by atoms with E-state index in [9.17, 15) is 9.59 Å². The zero-order valence-corrected chi connectivity index (χ0v) is 10.3. The lowest BCUT2D eigenvalue weighted by molar-refractivity contribution is 0.0694. The standard InChI is InChI=1S/C15H10O5/c16-8-9-19-12-6-7-13(15(17)18)14(10-12)20-11-4-2-1-3-5-11/h1-7,9-10H,(H,17,18). The van der Waals surface area contributed by atoms with Crippen molar-refractivity contribution >= 4 is 11.9 Å². The molecule has 5 nitrogen and oxygen atoms in total. The minimum absolute atomic E-state index is 0.00344. The van der Waals surface area contributed by atoms with Crippen molar-refractivity contribution in [3.8, 4) is 17.2 Å². The highest BCUT2D eigenvalue weighted by Crippen LogP contribution is 2.29. The van der Waals surface area contributed by atoms with E-state index in [2.05, 4.69) is 0 Å². The van der Waals surface area contributed by atoms with Crippen LogP contribution in [0.4, 0.5) is 0 Å². The molecule has 0 aromatic heterocycles. The van der Waals surface area contributed by atoms with Crippen LogP contribution in [0.3, 0.4) is 0 Å². The fraction of sp³-hybridized carbons (Fsp3) is 0. The molecule has 0 aliphatic carbocycles. The lowest BCUT2D eigenvalue weighted by Gasteiger charge is -2.10.